The van der Waals surface area contributed by atoms with Crippen molar-refractivity contribution < 1.29 is 9.31 Å². The number of nitro groups is 1. The molecule has 20 heavy (non-hydrogen) atoms. The highest BCUT2D eigenvalue weighted by Gasteiger charge is 2.11. The van der Waals surface area contributed by atoms with Crippen molar-refractivity contribution in [1.82, 2.24) is 4.98 Å². The number of benzene rings is 1. The lowest BCUT2D eigenvalue weighted by Crippen LogP contribution is -2.01. The number of nitrogen functional groups attached to an aromatic ring is 1. The molecule has 2 rings (SSSR count). The first-order valence-electron chi connectivity index (χ1n) is 5.51. The molecule has 0 amide bonds. The summed E-state index contributed by atoms with van der Waals surface area (Å²) in [5.74, 6) is -0.255. The quantitative estimate of drug-likeness (QED) is 0.658. The normalized spacial score (nSPS) is 10.3. The number of hydrogen-bond donors (Lipinski definition) is 2. The third kappa shape index (κ3) is 3.02. The zero-order valence-electron chi connectivity index (χ0n) is 10.4. The molecule has 3 N–H and O–H groups in total. The minimum atomic E-state index is -0.571. The van der Waals surface area contributed by atoms with Crippen molar-refractivity contribution >= 4 is 38.9 Å². The van der Waals surface area contributed by atoms with Crippen LogP contribution in [0.15, 0.2) is 28.7 Å². The third-order valence-corrected chi connectivity index (χ3v) is 3.18. The van der Waals surface area contributed by atoms with E-state index in [1.54, 1.807) is 13.0 Å². The van der Waals surface area contributed by atoms with Crippen LogP contribution in [0.1, 0.15) is 5.56 Å². The number of nitrogens with zero attached hydrogens (tertiary/aromatic N) is 2. The van der Waals surface area contributed by atoms with E-state index in [1.807, 2.05) is 0 Å². The first-order valence-corrected chi connectivity index (χ1v) is 6.31. The molecular formula is C12H10BrFN4O2. The SMILES string of the molecule is Cc1cc(Br)c(F)cc1Nc1cc([N+](=O)[O-])cc(N)n1. The predicted molar refractivity (Wildman–Crippen MR) is 77.4 cm³/mol. The van der Waals surface area contributed by atoms with Crippen LogP contribution in [0.3, 0.4) is 0 Å². The lowest BCUT2D eigenvalue weighted by atomic mass is 10.2. The molecule has 8 heteroatoms. The van der Waals surface area contributed by atoms with Crippen LogP contribution in [0.5, 0.6) is 0 Å². The maximum absolute atomic E-state index is 13.5. The fourth-order valence-corrected chi connectivity index (χ4v) is 2.08. The average Bonchev–Trinajstić information content (AvgIpc) is 2.35. The molecule has 0 aliphatic heterocycles. The summed E-state index contributed by atoms with van der Waals surface area (Å²) in [7, 11) is 0. The molecule has 0 fully saturated rings. The Morgan fingerprint density at radius 2 is 2.10 bits per heavy atom. The lowest BCUT2D eigenvalue weighted by molar-refractivity contribution is -0.384. The van der Waals surface area contributed by atoms with E-state index in [9.17, 15) is 14.5 Å². The number of hydrogen-bond acceptors (Lipinski definition) is 5. The zero-order chi connectivity index (χ0) is 14.9. The van der Waals surface area contributed by atoms with Crippen LogP contribution in [0.4, 0.5) is 27.4 Å². The molecule has 0 atom stereocenters. The number of nitrogens with two attached hydrogens (primary N) is 1. The number of nitrogens with one attached hydrogen (secondary N) is 1. The van der Waals surface area contributed by atoms with E-state index in [1.165, 1.54) is 12.1 Å². The van der Waals surface area contributed by atoms with E-state index in [-0.39, 0.29) is 17.3 Å². The van der Waals surface area contributed by atoms with E-state index < -0.39 is 10.7 Å². The van der Waals surface area contributed by atoms with Crippen molar-refractivity contribution in [1.29, 1.82) is 0 Å². The van der Waals surface area contributed by atoms with Crippen molar-refractivity contribution in [3.8, 4) is 0 Å². The monoisotopic (exact) mass is 340 g/mol. The van der Waals surface area contributed by atoms with E-state index in [2.05, 4.69) is 26.2 Å². The molecule has 6 nitrogen and oxygen atoms in total. The van der Waals surface area contributed by atoms with Crippen LogP contribution in [0.25, 0.3) is 0 Å². The summed E-state index contributed by atoms with van der Waals surface area (Å²) in [6.45, 7) is 1.77. The Kier molecular flexibility index (Phi) is 3.84. The highest BCUT2D eigenvalue weighted by molar-refractivity contribution is 9.10. The van der Waals surface area contributed by atoms with E-state index in [0.717, 1.165) is 11.6 Å². The minimum Gasteiger partial charge on any atom is -0.383 e. The molecule has 104 valence electrons. The van der Waals surface area contributed by atoms with Crippen molar-refractivity contribution in [2.75, 3.05) is 11.1 Å². The summed E-state index contributed by atoms with van der Waals surface area (Å²) in [6, 6.07) is 5.25. The number of rotatable bonds is 3. The van der Waals surface area contributed by atoms with Crippen molar-refractivity contribution in [2.45, 2.75) is 6.92 Å². The van der Waals surface area contributed by atoms with Gasteiger partial charge in [-0.05, 0) is 40.5 Å². The van der Waals surface area contributed by atoms with Gasteiger partial charge < -0.3 is 11.1 Å². The fourth-order valence-electron chi connectivity index (χ4n) is 1.63. The van der Waals surface area contributed by atoms with Crippen molar-refractivity contribution in [3.05, 3.63) is 50.2 Å². The number of anilines is 3. The van der Waals surface area contributed by atoms with E-state index in [4.69, 9.17) is 5.73 Å². The van der Waals surface area contributed by atoms with Gasteiger partial charge in [0.25, 0.3) is 5.69 Å². The zero-order valence-corrected chi connectivity index (χ0v) is 11.9. The molecule has 0 spiro atoms. The Morgan fingerprint density at radius 1 is 1.40 bits per heavy atom. The fraction of sp³-hybridized carbons (Fsp3) is 0.0833. The highest BCUT2D eigenvalue weighted by atomic mass is 79.9. The Balaban J connectivity index is 2.40. The summed E-state index contributed by atoms with van der Waals surface area (Å²) in [6.07, 6.45) is 0. The number of aromatic nitrogens is 1. The summed E-state index contributed by atoms with van der Waals surface area (Å²) < 4.78 is 13.8. The molecule has 2 aromatic rings. The van der Waals surface area contributed by atoms with Gasteiger partial charge in [-0.1, -0.05) is 0 Å². The van der Waals surface area contributed by atoms with Gasteiger partial charge in [0.05, 0.1) is 21.5 Å². The molecule has 0 saturated heterocycles. The van der Waals surface area contributed by atoms with Gasteiger partial charge in [0.1, 0.15) is 17.5 Å². The van der Waals surface area contributed by atoms with Crippen LogP contribution < -0.4 is 11.1 Å². The molecule has 0 aliphatic rings. The van der Waals surface area contributed by atoms with Gasteiger partial charge in [0.15, 0.2) is 0 Å². The topological polar surface area (TPSA) is 94.1 Å². The molecule has 1 aromatic carbocycles. The molecule has 0 radical (unpaired) electrons. The van der Waals surface area contributed by atoms with Crippen molar-refractivity contribution in [2.24, 2.45) is 0 Å². The minimum absolute atomic E-state index is 0.0111. The molecule has 0 unspecified atom stereocenters. The molecule has 0 aliphatic carbocycles. The smallest absolute Gasteiger partial charge is 0.276 e. The van der Waals surface area contributed by atoms with Crippen LogP contribution in [0.2, 0.25) is 0 Å². The predicted octanol–water partition coefficient (Wildman–Crippen LogP) is 3.53. The summed E-state index contributed by atoms with van der Waals surface area (Å²) in [4.78, 5) is 14.1. The Hall–Kier alpha value is -2.22. The summed E-state index contributed by atoms with van der Waals surface area (Å²) >= 11 is 3.08. The van der Waals surface area contributed by atoms with Gasteiger partial charge in [-0.15, -0.1) is 0 Å². The maximum atomic E-state index is 13.5. The Bertz CT molecular complexity index is 693. The van der Waals surface area contributed by atoms with Crippen LogP contribution in [0, 0.1) is 22.9 Å². The van der Waals surface area contributed by atoms with Crippen LogP contribution in [-0.2, 0) is 0 Å². The van der Waals surface area contributed by atoms with Crippen LogP contribution in [-0.4, -0.2) is 9.91 Å². The van der Waals surface area contributed by atoms with Crippen molar-refractivity contribution in [3.63, 3.8) is 0 Å². The van der Waals surface area contributed by atoms with Gasteiger partial charge in [-0.2, -0.15) is 0 Å². The van der Waals surface area contributed by atoms with Gasteiger partial charge >= 0.3 is 0 Å². The van der Waals surface area contributed by atoms with Gasteiger partial charge in [0.2, 0.25) is 0 Å². The second-order valence-electron chi connectivity index (χ2n) is 4.10. The lowest BCUT2D eigenvalue weighted by Gasteiger charge is -2.10. The molecule has 0 saturated carbocycles. The molecular weight excluding hydrogens is 331 g/mol. The number of halogens is 2. The Morgan fingerprint density at radius 3 is 2.75 bits per heavy atom. The standard InChI is InChI=1S/C12H10BrFN4O2/c1-6-2-8(13)9(14)5-10(6)16-12-4-7(18(19)20)3-11(15)17-12/h2-5H,1H3,(H3,15,16,17). The highest BCUT2D eigenvalue weighted by Crippen LogP contribution is 2.27. The summed E-state index contributed by atoms with van der Waals surface area (Å²) in [5, 5.41) is 13.6. The Labute approximate surface area is 122 Å². The average molecular weight is 341 g/mol. The van der Waals surface area contributed by atoms with Gasteiger partial charge in [-0.25, -0.2) is 9.37 Å². The largest absolute Gasteiger partial charge is 0.383 e. The second kappa shape index (κ2) is 5.41. The summed E-state index contributed by atoms with van der Waals surface area (Å²) in [5.41, 5.74) is 6.53. The maximum Gasteiger partial charge on any atom is 0.276 e. The van der Waals surface area contributed by atoms with Gasteiger partial charge in [0, 0.05) is 5.69 Å². The first-order chi connectivity index (χ1) is 9.36. The van der Waals surface area contributed by atoms with Crippen LogP contribution >= 0.6 is 15.9 Å². The number of aryl methyl sites for hydroxylation is 1. The third-order valence-electron chi connectivity index (χ3n) is 2.57. The van der Waals surface area contributed by atoms with Gasteiger partial charge in [-0.3, -0.25) is 10.1 Å². The number of pyridine rings is 1. The molecule has 1 aromatic heterocycles. The molecule has 1 heterocycles. The second-order valence-corrected chi connectivity index (χ2v) is 4.95. The van der Waals surface area contributed by atoms with E-state index >= 15 is 0 Å². The van der Waals surface area contributed by atoms with E-state index in [0.29, 0.717) is 10.2 Å². The first kappa shape index (κ1) is 14.2. The molecule has 0 bridgehead atoms.